The molecule has 27 heavy (non-hydrogen) atoms. The molecule has 0 spiro atoms. The maximum Gasteiger partial charge on any atom is 0.339 e. The summed E-state index contributed by atoms with van der Waals surface area (Å²) < 4.78 is 5.41. The molecule has 0 bridgehead atoms. The number of ether oxygens (including phenoxy) is 1. The lowest BCUT2D eigenvalue weighted by Crippen LogP contribution is -2.37. The summed E-state index contributed by atoms with van der Waals surface area (Å²) in [6.07, 6.45) is 4.48. The van der Waals surface area contributed by atoms with Gasteiger partial charge in [-0.3, -0.25) is 9.78 Å². The number of fused-ring (bicyclic) bond motifs is 2. The van der Waals surface area contributed by atoms with Crippen molar-refractivity contribution < 1.29 is 14.3 Å². The molecule has 1 N–H and O–H groups in total. The lowest BCUT2D eigenvalue weighted by atomic mass is 9.84. The minimum absolute atomic E-state index is 0.117. The highest BCUT2D eigenvalue weighted by Crippen LogP contribution is 2.31. The third-order valence-electron chi connectivity index (χ3n) is 5.39. The van der Waals surface area contributed by atoms with Crippen molar-refractivity contribution in [2.45, 2.75) is 58.9 Å². The number of pyridine rings is 1. The number of carbonyl (C=O) groups is 2. The molecule has 0 aliphatic heterocycles. The summed E-state index contributed by atoms with van der Waals surface area (Å²) in [6.45, 7) is 5.99. The van der Waals surface area contributed by atoms with Gasteiger partial charge in [0.05, 0.1) is 11.1 Å². The van der Waals surface area contributed by atoms with Gasteiger partial charge in [0.2, 0.25) is 0 Å². The van der Waals surface area contributed by atoms with Crippen molar-refractivity contribution in [3.8, 4) is 0 Å². The van der Waals surface area contributed by atoms with E-state index < -0.39 is 5.97 Å². The molecule has 0 saturated carbocycles. The van der Waals surface area contributed by atoms with Crippen molar-refractivity contribution in [2.75, 3.05) is 6.61 Å². The Labute approximate surface area is 160 Å². The number of para-hydroxylation sites is 1. The molecule has 0 saturated heterocycles. The van der Waals surface area contributed by atoms with Crippen LogP contribution in [0.25, 0.3) is 10.9 Å². The Morgan fingerprint density at radius 1 is 1.26 bits per heavy atom. The summed E-state index contributed by atoms with van der Waals surface area (Å²) in [4.78, 5) is 29.8. The zero-order valence-corrected chi connectivity index (χ0v) is 16.4. The Balaban J connectivity index is 1.85. The van der Waals surface area contributed by atoms with E-state index in [1.165, 1.54) is 0 Å². The van der Waals surface area contributed by atoms with Crippen molar-refractivity contribution in [1.29, 1.82) is 0 Å². The summed E-state index contributed by atoms with van der Waals surface area (Å²) in [5.41, 5.74) is 3.36. The molecule has 1 atom stereocenters. The van der Waals surface area contributed by atoms with Gasteiger partial charge < -0.3 is 10.1 Å². The van der Waals surface area contributed by atoms with E-state index in [-0.39, 0.29) is 18.6 Å². The minimum Gasteiger partial charge on any atom is -0.452 e. The average Bonchev–Trinajstić information content (AvgIpc) is 2.68. The Kier molecular flexibility index (Phi) is 6.09. The molecule has 1 aliphatic carbocycles. The van der Waals surface area contributed by atoms with Crippen molar-refractivity contribution in [2.24, 2.45) is 5.92 Å². The van der Waals surface area contributed by atoms with E-state index >= 15 is 0 Å². The summed E-state index contributed by atoms with van der Waals surface area (Å²) in [6, 6.07) is 7.77. The number of amides is 1. The van der Waals surface area contributed by atoms with Gasteiger partial charge in [-0.1, -0.05) is 39.0 Å². The van der Waals surface area contributed by atoms with Crippen molar-refractivity contribution in [3.05, 3.63) is 41.1 Å². The van der Waals surface area contributed by atoms with Gasteiger partial charge in [-0.15, -0.1) is 0 Å². The van der Waals surface area contributed by atoms with Crippen LogP contribution in [0.15, 0.2) is 24.3 Å². The van der Waals surface area contributed by atoms with E-state index in [0.717, 1.165) is 54.3 Å². The number of carbonyl (C=O) groups excluding carboxylic acids is 2. The fourth-order valence-electron chi connectivity index (χ4n) is 3.76. The lowest BCUT2D eigenvalue weighted by Gasteiger charge is -2.24. The smallest absolute Gasteiger partial charge is 0.339 e. The second-order valence-electron chi connectivity index (χ2n) is 7.43. The maximum atomic E-state index is 12.9. The molecular formula is C22H28N2O3. The van der Waals surface area contributed by atoms with Gasteiger partial charge in [0, 0.05) is 17.1 Å². The molecular weight excluding hydrogens is 340 g/mol. The maximum absolute atomic E-state index is 12.9. The zero-order valence-electron chi connectivity index (χ0n) is 16.4. The molecule has 1 aromatic carbocycles. The van der Waals surface area contributed by atoms with E-state index in [4.69, 9.17) is 9.72 Å². The van der Waals surface area contributed by atoms with Crippen LogP contribution >= 0.6 is 0 Å². The molecule has 5 heteroatoms. The summed E-state index contributed by atoms with van der Waals surface area (Å²) in [5.74, 6) is -0.179. The second-order valence-corrected chi connectivity index (χ2v) is 7.43. The number of aryl methyl sites for hydroxylation is 1. The van der Waals surface area contributed by atoms with E-state index in [1.807, 2.05) is 38.1 Å². The largest absolute Gasteiger partial charge is 0.452 e. The van der Waals surface area contributed by atoms with Crippen molar-refractivity contribution in [1.82, 2.24) is 10.3 Å². The Morgan fingerprint density at radius 3 is 2.74 bits per heavy atom. The number of benzene rings is 1. The Morgan fingerprint density at radius 2 is 2.00 bits per heavy atom. The van der Waals surface area contributed by atoms with Gasteiger partial charge in [-0.05, 0) is 49.7 Å². The van der Waals surface area contributed by atoms with Crippen LogP contribution in [0.2, 0.25) is 0 Å². The van der Waals surface area contributed by atoms with Crippen LogP contribution in [0.3, 0.4) is 0 Å². The van der Waals surface area contributed by atoms with Crippen LogP contribution in [0.5, 0.6) is 0 Å². The van der Waals surface area contributed by atoms with E-state index in [2.05, 4.69) is 12.2 Å². The van der Waals surface area contributed by atoms with E-state index in [1.54, 1.807) is 0 Å². The number of esters is 1. The zero-order chi connectivity index (χ0) is 19.4. The number of hydrogen-bond donors (Lipinski definition) is 1. The quantitative estimate of drug-likeness (QED) is 0.787. The highest BCUT2D eigenvalue weighted by Gasteiger charge is 2.26. The summed E-state index contributed by atoms with van der Waals surface area (Å²) in [7, 11) is 0. The number of nitrogens with one attached hydrogen (secondary N) is 1. The van der Waals surface area contributed by atoms with Crippen molar-refractivity contribution >= 4 is 22.8 Å². The molecule has 1 amide bonds. The highest BCUT2D eigenvalue weighted by atomic mass is 16.5. The Bertz CT molecular complexity index is 843. The fourth-order valence-corrected chi connectivity index (χ4v) is 3.76. The second kappa shape index (κ2) is 8.51. The fraction of sp³-hybridized carbons (Fsp3) is 0.500. The average molecular weight is 368 g/mol. The number of aromatic nitrogens is 1. The monoisotopic (exact) mass is 368 g/mol. The number of hydrogen-bond acceptors (Lipinski definition) is 4. The minimum atomic E-state index is -0.432. The number of rotatable bonds is 6. The van der Waals surface area contributed by atoms with Gasteiger partial charge in [0.15, 0.2) is 6.61 Å². The van der Waals surface area contributed by atoms with Crippen LogP contribution in [-0.4, -0.2) is 29.5 Å². The molecule has 3 rings (SSSR count). The molecule has 1 aromatic heterocycles. The molecule has 1 unspecified atom stereocenters. The van der Waals surface area contributed by atoms with Gasteiger partial charge in [0.25, 0.3) is 5.91 Å². The van der Waals surface area contributed by atoms with Crippen LogP contribution < -0.4 is 5.32 Å². The standard InChI is InChI=1S/C22H28N2O3/c1-4-15(5-2)23-20(25)13-27-22(26)21-16-8-6-7-9-18(16)24-19-11-10-14(3)12-17(19)21/h6-9,14-15H,4-5,10-13H2,1-3H3,(H,23,25). The highest BCUT2D eigenvalue weighted by molar-refractivity contribution is 6.05. The van der Waals surface area contributed by atoms with Gasteiger partial charge in [-0.2, -0.15) is 0 Å². The molecule has 144 valence electrons. The topological polar surface area (TPSA) is 68.3 Å². The summed E-state index contributed by atoms with van der Waals surface area (Å²) >= 11 is 0. The van der Waals surface area contributed by atoms with Crippen LogP contribution in [0.4, 0.5) is 0 Å². The van der Waals surface area contributed by atoms with Crippen LogP contribution in [-0.2, 0) is 22.4 Å². The first-order chi connectivity index (χ1) is 13.0. The van der Waals surface area contributed by atoms with Gasteiger partial charge in [-0.25, -0.2) is 4.79 Å². The van der Waals surface area contributed by atoms with Gasteiger partial charge >= 0.3 is 5.97 Å². The Hall–Kier alpha value is -2.43. The first-order valence-corrected chi connectivity index (χ1v) is 9.90. The van der Waals surface area contributed by atoms with E-state index in [9.17, 15) is 9.59 Å². The predicted molar refractivity (Wildman–Crippen MR) is 106 cm³/mol. The third-order valence-corrected chi connectivity index (χ3v) is 5.39. The van der Waals surface area contributed by atoms with Gasteiger partial charge in [0.1, 0.15) is 0 Å². The molecule has 0 radical (unpaired) electrons. The summed E-state index contributed by atoms with van der Waals surface area (Å²) in [5, 5.41) is 3.70. The SMILES string of the molecule is CCC(CC)NC(=O)COC(=O)c1c2c(nc3ccccc13)CCC(C)C2. The lowest BCUT2D eigenvalue weighted by molar-refractivity contribution is -0.125. The van der Waals surface area contributed by atoms with Crippen LogP contribution in [0.1, 0.15) is 61.6 Å². The van der Waals surface area contributed by atoms with E-state index in [0.29, 0.717) is 11.5 Å². The molecule has 5 nitrogen and oxygen atoms in total. The third kappa shape index (κ3) is 4.29. The van der Waals surface area contributed by atoms with Crippen LogP contribution in [0, 0.1) is 5.92 Å². The molecule has 2 aromatic rings. The molecule has 1 aliphatic rings. The predicted octanol–water partition coefficient (Wildman–Crippen LogP) is 3.82. The first-order valence-electron chi connectivity index (χ1n) is 9.90. The first kappa shape index (κ1) is 19.3. The molecule has 0 fully saturated rings. The normalized spacial score (nSPS) is 16.2. The number of nitrogens with zero attached hydrogens (tertiary/aromatic N) is 1. The molecule has 1 heterocycles. The van der Waals surface area contributed by atoms with Crippen molar-refractivity contribution in [3.63, 3.8) is 0 Å².